The van der Waals surface area contributed by atoms with Crippen molar-refractivity contribution in [2.45, 2.75) is 26.3 Å². The van der Waals surface area contributed by atoms with E-state index in [1.807, 2.05) is 43.4 Å². The van der Waals surface area contributed by atoms with Crippen LogP contribution in [-0.2, 0) is 0 Å². The number of fused-ring (bicyclic) bond motifs is 3. The first kappa shape index (κ1) is 13.0. The quantitative estimate of drug-likeness (QED) is 0.757. The second kappa shape index (κ2) is 5.19. The lowest BCUT2D eigenvalue weighted by molar-refractivity contribution is -0.616. The van der Waals surface area contributed by atoms with E-state index in [2.05, 4.69) is 9.97 Å². The van der Waals surface area contributed by atoms with Gasteiger partial charge in [0.1, 0.15) is 23.0 Å². The van der Waals surface area contributed by atoms with Gasteiger partial charge < -0.3 is 9.52 Å². The van der Waals surface area contributed by atoms with E-state index in [1.165, 1.54) is 0 Å². The van der Waals surface area contributed by atoms with Crippen LogP contribution in [0.4, 0.5) is 5.82 Å². The summed E-state index contributed by atoms with van der Waals surface area (Å²) < 4.78 is 5.89. The van der Waals surface area contributed by atoms with Crippen LogP contribution in [0.15, 0.2) is 28.7 Å². The van der Waals surface area contributed by atoms with E-state index in [-0.39, 0.29) is 12.6 Å². The highest BCUT2D eigenvalue weighted by atomic mass is 16.3. The molecule has 5 nitrogen and oxygen atoms in total. The SMILES string of the molecule is CCC(CO)[NH2+]c1nc(C)nc2c1oc1ccccc12. The summed E-state index contributed by atoms with van der Waals surface area (Å²) in [5.41, 5.74) is 2.35. The Morgan fingerprint density at radius 1 is 1.30 bits per heavy atom. The van der Waals surface area contributed by atoms with Crippen molar-refractivity contribution in [3.05, 3.63) is 30.1 Å². The number of furan rings is 1. The van der Waals surface area contributed by atoms with Crippen molar-refractivity contribution < 1.29 is 14.8 Å². The molecule has 1 aromatic carbocycles. The number of quaternary nitrogens is 1. The predicted octanol–water partition coefficient (Wildman–Crippen LogP) is 1.65. The maximum Gasteiger partial charge on any atom is 0.272 e. The molecule has 3 rings (SSSR count). The maximum atomic E-state index is 9.36. The molecule has 0 saturated carbocycles. The second-order valence-electron chi connectivity index (χ2n) is 4.95. The fourth-order valence-corrected chi connectivity index (χ4v) is 2.36. The summed E-state index contributed by atoms with van der Waals surface area (Å²) in [4.78, 5) is 8.96. The van der Waals surface area contributed by atoms with Crippen LogP contribution in [-0.4, -0.2) is 27.7 Å². The van der Waals surface area contributed by atoms with Crippen LogP contribution >= 0.6 is 0 Å². The minimum absolute atomic E-state index is 0.0840. The molecule has 0 aliphatic rings. The van der Waals surface area contributed by atoms with Gasteiger partial charge in [0.2, 0.25) is 5.58 Å². The standard InChI is InChI=1S/C15H17N3O2/c1-3-10(8-19)18-15-14-13(16-9(2)17-15)11-6-4-5-7-12(11)20-14/h4-7,10,19H,3,8H2,1-2H3,(H,16,17,18)/p+1. The predicted molar refractivity (Wildman–Crippen MR) is 76.8 cm³/mol. The van der Waals surface area contributed by atoms with Crippen LogP contribution in [0.25, 0.3) is 22.1 Å². The van der Waals surface area contributed by atoms with Crippen LogP contribution in [0.2, 0.25) is 0 Å². The van der Waals surface area contributed by atoms with Gasteiger partial charge in [-0.3, -0.25) is 5.32 Å². The van der Waals surface area contributed by atoms with Gasteiger partial charge in [-0.1, -0.05) is 19.1 Å². The highest BCUT2D eigenvalue weighted by Gasteiger charge is 2.20. The van der Waals surface area contributed by atoms with Crippen molar-refractivity contribution in [1.82, 2.24) is 9.97 Å². The van der Waals surface area contributed by atoms with E-state index >= 15 is 0 Å². The average molecular weight is 272 g/mol. The van der Waals surface area contributed by atoms with Gasteiger partial charge in [0.25, 0.3) is 5.82 Å². The molecule has 104 valence electrons. The third kappa shape index (κ3) is 2.15. The Kier molecular flexibility index (Phi) is 3.38. The lowest BCUT2D eigenvalue weighted by Crippen LogP contribution is -2.86. The van der Waals surface area contributed by atoms with E-state index < -0.39 is 0 Å². The van der Waals surface area contributed by atoms with Crippen LogP contribution in [0.5, 0.6) is 0 Å². The molecule has 0 spiro atoms. The molecule has 0 radical (unpaired) electrons. The number of nitrogens with two attached hydrogens (primary N) is 1. The molecule has 1 unspecified atom stereocenters. The normalized spacial score (nSPS) is 13.2. The Bertz CT molecular complexity index is 747. The zero-order valence-corrected chi connectivity index (χ0v) is 11.6. The summed E-state index contributed by atoms with van der Waals surface area (Å²) in [6.07, 6.45) is 0.862. The van der Waals surface area contributed by atoms with E-state index in [1.54, 1.807) is 0 Å². The molecule has 5 heteroatoms. The summed E-state index contributed by atoms with van der Waals surface area (Å²) >= 11 is 0. The zero-order chi connectivity index (χ0) is 14.1. The lowest BCUT2D eigenvalue weighted by atomic mass is 10.2. The molecule has 1 atom stereocenters. The van der Waals surface area contributed by atoms with Gasteiger partial charge in [-0.2, -0.15) is 4.98 Å². The third-order valence-electron chi connectivity index (χ3n) is 3.51. The maximum absolute atomic E-state index is 9.36. The summed E-state index contributed by atoms with van der Waals surface area (Å²) in [6, 6.07) is 7.93. The number of hydrogen-bond acceptors (Lipinski definition) is 4. The molecule has 0 fully saturated rings. The fraction of sp³-hybridized carbons (Fsp3) is 0.333. The molecule has 0 saturated heterocycles. The number of benzene rings is 1. The molecule has 3 aromatic rings. The van der Waals surface area contributed by atoms with Crippen LogP contribution < -0.4 is 5.32 Å². The fourth-order valence-electron chi connectivity index (χ4n) is 2.36. The highest BCUT2D eigenvalue weighted by molar-refractivity contribution is 6.04. The van der Waals surface area contributed by atoms with E-state index in [0.717, 1.165) is 28.7 Å². The summed E-state index contributed by atoms with van der Waals surface area (Å²) in [5.74, 6) is 1.48. The molecule has 0 aliphatic heterocycles. The van der Waals surface area contributed by atoms with Crippen molar-refractivity contribution in [3.8, 4) is 0 Å². The Morgan fingerprint density at radius 2 is 2.10 bits per heavy atom. The Balaban J connectivity index is 2.20. The zero-order valence-electron chi connectivity index (χ0n) is 11.6. The molecular formula is C15H18N3O2+. The van der Waals surface area contributed by atoms with Gasteiger partial charge in [-0.05, 0) is 25.5 Å². The minimum Gasteiger partial charge on any atom is -0.446 e. The molecule has 20 heavy (non-hydrogen) atoms. The number of aromatic nitrogens is 2. The van der Waals surface area contributed by atoms with Gasteiger partial charge in [0.05, 0.1) is 6.61 Å². The van der Waals surface area contributed by atoms with E-state index in [4.69, 9.17) is 4.42 Å². The largest absolute Gasteiger partial charge is 0.446 e. The van der Waals surface area contributed by atoms with Crippen molar-refractivity contribution >= 4 is 27.9 Å². The number of nitrogens with zero attached hydrogens (tertiary/aromatic N) is 2. The molecule has 0 amide bonds. The third-order valence-corrected chi connectivity index (χ3v) is 3.51. The van der Waals surface area contributed by atoms with Crippen molar-refractivity contribution in [3.63, 3.8) is 0 Å². The lowest BCUT2D eigenvalue weighted by Gasteiger charge is -2.09. The van der Waals surface area contributed by atoms with Crippen molar-refractivity contribution in [2.75, 3.05) is 6.61 Å². The summed E-state index contributed by atoms with van der Waals surface area (Å²) in [6.45, 7) is 4.03. The first-order valence-electron chi connectivity index (χ1n) is 6.84. The molecule has 0 aliphatic carbocycles. The van der Waals surface area contributed by atoms with Crippen molar-refractivity contribution in [1.29, 1.82) is 0 Å². The van der Waals surface area contributed by atoms with Gasteiger partial charge >= 0.3 is 0 Å². The monoisotopic (exact) mass is 272 g/mol. The number of aliphatic hydroxyl groups is 1. The smallest absolute Gasteiger partial charge is 0.272 e. The van der Waals surface area contributed by atoms with Crippen molar-refractivity contribution in [2.24, 2.45) is 0 Å². The topological polar surface area (TPSA) is 75.8 Å². The Labute approximate surface area is 116 Å². The number of aliphatic hydroxyl groups excluding tert-OH is 1. The summed E-state index contributed by atoms with van der Waals surface area (Å²) in [5, 5.41) is 12.3. The van der Waals surface area contributed by atoms with Gasteiger partial charge in [-0.25, -0.2) is 4.98 Å². The number of aryl methyl sites for hydroxylation is 1. The highest BCUT2D eigenvalue weighted by Crippen LogP contribution is 2.29. The van der Waals surface area contributed by atoms with E-state index in [9.17, 15) is 5.11 Å². The summed E-state index contributed by atoms with van der Waals surface area (Å²) in [7, 11) is 0. The minimum atomic E-state index is 0.0840. The van der Waals surface area contributed by atoms with Gasteiger partial charge in [0.15, 0.2) is 0 Å². The van der Waals surface area contributed by atoms with Crippen LogP contribution in [0.1, 0.15) is 19.2 Å². The Morgan fingerprint density at radius 3 is 2.85 bits per heavy atom. The second-order valence-corrected chi connectivity index (χ2v) is 4.95. The van der Waals surface area contributed by atoms with Gasteiger partial charge in [-0.15, -0.1) is 0 Å². The molecule has 0 bridgehead atoms. The van der Waals surface area contributed by atoms with E-state index in [0.29, 0.717) is 11.4 Å². The molecular weight excluding hydrogens is 254 g/mol. The number of para-hydroxylation sites is 1. The Hall–Kier alpha value is -1.98. The average Bonchev–Trinajstić information content (AvgIpc) is 2.83. The molecule has 2 heterocycles. The number of rotatable bonds is 4. The van der Waals surface area contributed by atoms with Gasteiger partial charge in [0, 0.05) is 5.39 Å². The first-order valence-corrected chi connectivity index (χ1v) is 6.84. The molecule has 2 aromatic heterocycles. The first-order chi connectivity index (χ1) is 9.72. The molecule has 3 N–H and O–H groups in total. The van der Waals surface area contributed by atoms with Crippen LogP contribution in [0, 0.1) is 6.92 Å². The number of hydrogen-bond donors (Lipinski definition) is 2. The van der Waals surface area contributed by atoms with Crippen LogP contribution in [0.3, 0.4) is 0 Å².